The van der Waals surface area contributed by atoms with Gasteiger partial charge in [0.25, 0.3) is 0 Å². The molecule has 0 saturated carbocycles. The summed E-state index contributed by atoms with van der Waals surface area (Å²) >= 11 is 0. The molecule has 0 radical (unpaired) electrons. The largest absolute Gasteiger partial charge is 0.480 e. The summed E-state index contributed by atoms with van der Waals surface area (Å²) in [4.78, 5) is 33.0. The van der Waals surface area contributed by atoms with Gasteiger partial charge in [0, 0.05) is 65.4 Å². The van der Waals surface area contributed by atoms with E-state index in [2.05, 4.69) is 53.9 Å². The molecule has 0 amide bonds. The van der Waals surface area contributed by atoms with Crippen molar-refractivity contribution in [2.24, 2.45) is 0 Å². The van der Waals surface area contributed by atoms with Crippen LogP contribution in [0.25, 0.3) is 0 Å². The molecule has 2 aliphatic heterocycles. The van der Waals surface area contributed by atoms with Gasteiger partial charge in [-0.15, -0.1) is 0 Å². The molecule has 0 aromatic carbocycles. The predicted octanol–water partition coefficient (Wildman–Crippen LogP) is 2.36. The van der Waals surface area contributed by atoms with Crippen LogP contribution in [0.4, 0.5) is 0 Å². The Morgan fingerprint density at radius 3 is 2.24 bits per heavy atom. The van der Waals surface area contributed by atoms with Gasteiger partial charge in [-0.3, -0.25) is 19.4 Å². The third-order valence-corrected chi connectivity index (χ3v) is 10.8. The van der Waals surface area contributed by atoms with Crippen LogP contribution in [0.5, 0.6) is 0 Å². The summed E-state index contributed by atoms with van der Waals surface area (Å²) in [6, 6.07) is 2.51. The molecule has 220 valence electrons. The number of carboxylic acid groups (broad SMARTS) is 1. The van der Waals surface area contributed by atoms with E-state index in [1.807, 2.05) is 4.90 Å². The van der Waals surface area contributed by atoms with Crippen LogP contribution in [-0.2, 0) is 19.1 Å². The second kappa shape index (κ2) is 18.3. The Morgan fingerprint density at radius 2 is 1.55 bits per heavy atom. The SMILES string of the molecule is CCN1CCN(C)CCN(CC(=O)CCCOCCOC2C=CCC[Si](C)(C)C2)CCN(CC(=O)O)CC1. The highest BCUT2D eigenvalue weighted by atomic mass is 28.3. The van der Waals surface area contributed by atoms with Crippen molar-refractivity contribution in [3.05, 3.63) is 12.2 Å². The Balaban J connectivity index is 1.69. The Kier molecular flexibility index (Phi) is 15.9. The minimum atomic E-state index is -1.15. The molecule has 1 unspecified atom stereocenters. The van der Waals surface area contributed by atoms with Crippen LogP contribution in [0.15, 0.2) is 12.2 Å². The van der Waals surface area contributed by atoms with Gasteiger partial charge in [-0.05, 0) is 32.5 Å². The second-order valence-electron chi connectivity index (χ2n) is 11.7. The smallest absolute Gasteiger partial charge is 0.317 e. The van der Waals surface area contributed by atoms with Gasteiger partial charge in [0.2, 0.25) is 0 Å². The summed E-state index contributed by atoms with van der Waals surface area (Å²) in [6.45, 7) is 16.7. The quantitative estimate of drug-likeness (QED) is 0.209. The molecule has 1 atom stereocenters. The standard InChI is InChI=1S/C28H54N4O5Si/c1-5-30-13-11-29(2)12-14-31(17-18-32(16-15-30)24-28(34)35)23-26(33)9-8-19-36-20-21-37-27-10-6-7-22-38(3,4)25-27/h6,10,27H,5,7-9,11-25H2,1-4H3,(H,34,35). The Morgan fingerprint density at radius 1 is 0.921 bits per heavy atom. The molecule has 1 fully saturated rings. The monoisotopic (exact) mass is 554 g/mol. The fraction of sp³-hybridized carbons (Fsp3) is 0.857. The van der Waals surface area contributed by atoms with Gasteiger partial charge in [0.15, 0.2) is 0 Å². The normalized spacial score (nSPS) is 23.4. The zero-order chi connectivity index (χ0) is 27.8. The summed E-state index contributed by atoms with van der Waals surface area (Å²) in [5.74, 6) is -0.582. The van der Waals surface area contributed by atoms with Crippen LogP contribution in [0.2, 0.25) is 25.2 Å². The Labute approximate surface area is 232 Å². The first-order valence-corrected chi connectivity index (χ1v) is 18.0. The average molecular weight is 555 g/mol. The molecule has 0 spiro atoms. The van der Waals surface area contributed by atoms with E-state index in [1.54, 1.807) is 0 Å². The van der Waals surface area contributed by atoms with E-state index in [0.717, 1.165) is 45.8 Å². The van der Waals surface area contributed by atoms with E-state index in [0.29, 0.717) is 52.3 Å². The van der Waals surface area contributed by atoms with E-state index >= 15 is 0 Å². The maximum absolute atomic E-state index is 12.7. The first-order valence-electron chi connectivity index (χ1n) is 14.6. The number of aliphatic carboxylic acids is 1. The van der Waals surface area contributed by atoms with E-state index in [1.165, 1.54) is 18.5 Å². The predicted molar refractivity (Wildman–Crippen MR) is 156 cm³/mol. The number of ketones is 1. The number of hydrogen-bond donors (Lipinski definition) is 1. The molecule has 0 aromatic heterocycles. The summed E-state index contributed by atoms with van der Waals surface area (Å²) < 4.78 is 11.8. The number of allylic oxidation sites excluding steroid dienone is 1. The number of carbonyl (C=O) groups is 2. The number of nitrogens with zero attached hydrogens (tertiary/aromatic N) is 4. The lowest BCUT2D eigenvalue weighted by Gasteiger charge is -2.32. The van der Waals surface area contributed by atoms with Crippen molar-refractivity contribution < 1.29 is 24.2 Å². The van der Waals surface area contributed by atoms with Gasteiger partial charge in [-0.2, -0.15) is 0 Å². The van der Waals surface area contributed by atoms with Crippen LogP contribution in [0.1, 0.15) is 26.2 Å². The highest BCUT2D eigenvalue weighted by Gasteiger charge is 2.26. The molecule has 2 aliphatic rings. The Bertz CT molecular complexity index is 723. The molecule has 38 heavy (non-hydrogen) atoms. The number of carboxylic acids is 1. The minimum Gasteiger partial charge on any atom is -0.480 e. The molecule has 2 heterocycles. The van der Waals surface area contributed by atoms with Crippen molar-refractivity contribution >= 4 is 19.8 Å². The maximum Gasteiger partial charge on any atom is 0.317 e. The Hall–Kier alpha value is -1.14. The highest BCUT2D eigenvalue weighted by Crippen LogP contribution is 2.25. The van der Waals surface area contributed by atoms with Crippen LogP contribution < -0.4 is 0 Å². The van der Waals surface area contributed by atoms with E-state index in [4.69, 9.17) is 9.47 Å². The maximum atomic E-state index is 12.7. The molecule has 9 nitrogen and oxygen atoms in total. The zero-order valence-corrected chi connectivity index (χ0v) is 25.5. The molecule has 0 aromatic rings. The van der Waals surface area contributed by atoms with Gasteiger partial charge in [-0.25, -0.2) is 0 Å². The summed E-state index contributed by atoms with van der Waals surface area (Å²) in [5, 5.41) is 9.35. The number of Topliss-reactive ketones (excluding diaryl/α,β-unsaturated/α-hetero) is 1. The minimum absolute atomic E-state index is 0.0387. The fourth-order valence-electron chi connectivity index (χ4n) is 5.07. The summed E-state index contributed by atoms with van der Waals surface area (Å²) in [6.07, 6.45) is 7.10. The zero-order valence-electron chi connectivity index (χ0n) is 24.5. The van der Waals surface area contributed by atoms with Gasteiger partial charge in [-0.1, -0.05) is 38.2 Å². The molecule has 1 N–H and O–H groups in total. The molecule has 1 saturated heterocycles. The molecular weight excluding hydrogens is 500 g/mol. The van der Waals surface area contributed by atoms with Crippen molar-refractivity contribution in [2.45, 2.75) is 57.5 Å². The molecule has 2 rings (SSSR count). The summed E-state index contributed by atoms with van der Waals surface area (Å²) in [5.41, 5.74) is 0. The topological polar surface area (TPSA) is 85.8 Å². The van der Waals surface area contributed by atoms with Crippen molar-refractivity contribution in [3.63, 3.8) is 0 Å². The number of carbonyl (C=O) groups excluding carboxylic acids is 1. The lowest BCUT2D eigenvalue weighted by Crippen LogP contribution is -2.47. The van der Waals surface area contributed by atoms with Gasteiger partial charge in [0.05, 0.1) is 40.5 Å². The molecule has 10 heteroatoms. The van der Waals surface area contributed by atoms with Crippen molar-refractivity contribution in [1.82, 2.24) is 19.6 Å². The van der Waals surface area contributed by atoms with Crippen LogP contribution in [0, 0.1) is 0 Å². The second-order valence-corrected chi connectivity index (χ2v) is 16.9. The van der Waals surface area contributed by atoms with Crippen LogP contribution >= 0.6 is 0 Å². The van der Waals surface area contributed by atoms with E-state index < -0.39 is 14.0 Å². The van der Waals surface area contributed by atoms with Crippen LogP contribution in [-0.4, -0.2) is 149 Å². The van der Waals surface area contributed by atoms with E-state index in [9.17, 15) is 14.7 Å². The molecule has 0 aliphatic carbocycles. The number of hydrogen-bond acceptors (Lipinski definition) is 8. The lowest BCUT2D eigenvalue weighted by molar-refractivity contribution is -0.138. The fourth-order valence-corrected chi connectivity index (χ4v) is 7.57. The third-order valence-electron chi connectivity index (χ3n) is 7.66. The molecule has 0 bridgehead atoms. The summed E-state index contributed by atoms with van der Waals surface area (Å²) in [7, 11) is 0.976. The number of likely N-dealkylation sites (N-methyl/N-ethyl adjacent to an activating group) is 2. The molecular formula is C28H54N4O5Si. The number of rotatable bonds is 13. The third kappa shape index (κ3) is 14.9. The van der Waals surface area contributed by atoms with Gasteiger partial charge in [0.1, 0.15) is 5.78 Å². The number of ether oxygens (including phenoxy) is 2. The van der Waals surface area contributed by atoms with Crippen molar-refractivity contribution in [3.8, 4) is 0 Å². The van der Waals surface area contributed by atoms with Crippen molar-refractivity contribution in [2.75, 3.05) is 98.9 Å². The van der Waals surface area contributed by atoms with Crippen molar-refractivity contribution in [1.29, 1.82) is 0 Å². The van der Waals surface area contributed by atoms with E-state index in [-0.39, 0.29) is 18.4 Å². The lowest BCUT2D eigenvalue weighted by atomic mass is 10.2. The highest BCUT2D eigenvalue weighted by molar-refractivity contribution is 6.77. The van der Waals surface area contributed by atoms with Crippen LogP contribution in [0.3, 0.4) is 0 Å². The van der Waals surface area contributed by atoms with Gasteiger partial charge < -0.3 is 24.4 Å². The first-order chi connectivity index (χ1) is 18.2. The van der Waals surface area contributed by atoms with Gasteiger partial charge >= 0.3 is 5.97 Å². The average Bonchev–Trinajstić information content (AvgIpc) is 3.03. The first kappa shape index (κ1) is 33.1.